The maximum absolute atomic E-state index is 12.2. The molecule has 1 aromatic rings. The van der Waals surface area contributed by atoms with Crippen molar-refractivity contribution < 1.29 is 14.3 Å². The molecule has 0 bridgehead atoms. The van der Waals surface area contributed by atoms with E-state index in [-0.39, 0.29) is 30.0 Å². The highest BCUT2D eigenvalue weighted by molar-refractivity contribution is 5.69. The molecule has 0 saturated heterocycles. The van der Waals surface area contributed by atoms with Gasteiger partial charge in [0.1, 0.15) is 11.4 Å². The minimum absolute atomic E-state index is 0.0564. The molecule has 0 spiro atoms. The molecule has 1 heterocycles. The van der Waals surface area contributed by atoms with Crippen LogP contribution in [0.4, 0.5) is 4.79 Å². The summed E-state index contributed by atoms with van der Waals surface area (Å²) in [7, 11) is 1.29. The smallest absolute Gasteiger partial charge is 0.409 e. The third-order valence-corrected chi connectivity index (χ3v) is 5.74. The third kappa shape index (κ3) is 3.74. The van der Waals surface area contributed by atoms with E-state index in [9.17, 15) is 20.6 Å². The van der Waals surface area contributed by atoms with Crippen LogP contribution in [0.3, 0.4) is 0 Å². The van der Waals surface area contributed by atoms with Crippen molar-refractivity contribution in [1.82, 2.24) is 4.90 Å². The van der Waals surface area contributed by atoms with Gasteiger partial charge in [-0.2, -0.15) is 15.8 Å². The standard InChI is InChI=1S/C24H25N5O3/c1-23(2,3)32-16-7-5-15(6-8-16)20-17(11-25)21(28)24(13-26,14-27)19-9-10-29(12-18(19)20)22(30)31-4/h5-9,18,20H,10,12,28H2,1-4H3/t18-,20+/m0/s1. The molecule has 32 heavy (non-hydrogen) atoms. The highest BCUT2D eigenvalue weighted by Gasteiger charge is 2.53. The van der Waals surface area contributed by atoms with Crippen molar-refractivity contribution in [2.24, 2.45) is 17.1 Å². The predicted molar refractivity (Wildman–Crippen MR) is 116 cm³/mol. The Morgan fingerprint density at radius 1 is 1.19 bits per heavy atom. The van der Waals surface area contributed by atoms with Crippen LogP contribution in [0.5, 0.6) is 5.75 Å². The number of hydrogen-bond acceptors (Lipinski definition) is 7. The van der Waals surface area contributed by atoms with Crippen molar-refractivity contribution in [3.63, 3.8) is 0 Å². The van der Waals surface area contributed by atoms with Gasteiger partial charge in [0.15, 0.2) is 0 Å². The van der Waals surface area contributed by atoms with E-state index >= 15 is 0 Å². The number of ether oxygens (including phenoxy) is 2. The number of nitriles is 3. The normalized spacial score (nSPS) is 21.9. The molecule has 8 nitrogen and oxygen atoms in total. The molecule has 0 unspecified atom stereocenters. The summed E-state index contributed by atoms with van der Waals surface area (Å²) in [5, 5.41) is 29.8. The summed E-state index contributed by atoms with van der Waals surface area (Å²) in [6.07, 6.45) is 1.16. The Morgan fingerprint density at radius 3 is 2.31 bits per heavy atom. The van der Waals surface area contributed by atoms with Gasteiger partial charge in [-0.3, -0.25) is 0 Å². The molecule has 1 aromatic carbocycles. The van der Waals surface area contributed by atoms with Gasteiger partial charge >= 0.3 is 6.09 Å². The van der Waals surface area contributed by atoms with Gasteiger partial charge in [-0.1, -0.05) is 18.2 Å². The van der Waals surface area contributed by atoms with Crippen LogP contribution in [0.15, 0.2) is 47.2 Å². The van der Waals surface area contributed by atoms with Gasteiger partial charge in [0.2, 0.25) is 5.41 Å². The molecular weight excluding hydrogens is 406 g/mol. The van der Waals surface area contributed by atoms with E-state index in [1.54, 1.807) is 6.08 Å². The minimum atomic E-state index is -1.75. The quantitative estimate of drug-likeness (QED) is 0.709. The third-order valence-electron chi connectivity index (χ3n) is 5.74. The zero-order valence-electron chi connectivity index (χ0n) is 18.5. The summed E-state index contributed by atoms with van der Waals surface area (Å²) in [5.41, 5.74) is 5.58. The zero-order valence-corrected chi connectivity index (χ0v) is 18.5. The molecule has 0 aromatic heterocycles. The minimum Gasteiger partial charge on any atom is -0.488 e. The number of carbonyl (C=O) groups is 1. The number of allylic oxidation sites excluding steroid dienone is 2. The Hall–Kier alpha value is -3.96. The van der Waals surface area contributed by atoms with E-state index < -0.39 is 23.3 Å². The van der Waals surface area contributed by atoms with Crippen molar-refractivity contribution in [1.29, 1.82) is 15.8 Å². The van der Waals surface area contributed by atoms with Crippen LogP contribution in [-0.4, -0.2) is 36.8 Å². The number of carbonyl (C=O) groups excluding carboxylic acids is 1. The van der Waals surface area contributed by atoms with Gasteiger partial charge in [0.05, 0.1) is 36.6 Å². The number of benzene rings is 1. The molecule has 2 aliphatic rings. The lowest BCUT2D eigenvalue weighted by atomic mass is 9.60. The molecule has 1 aliphatic carbocycles. The van der Waals surface area contributed by atoms with Gasteiger partial charge in [-0.25, -0.2) is 4.79 Å². The number of rotatable bonds is 2. The van der Waals surface area contributed by atoms with E-state index in [0.717, 1.165) is 5.56 Å². The first-order chi connectivity index (χ1) is 15.1. The first-order valence-corrected chi connectivity index (χ1v) is 10.2. The lowest BCUT2D eigenvalue weighted by Gasteiger charge is -2.44. The molecule has 164 valence electrons. The zero-order chi connectivity index (χ0) is 23.7. The Balaban J connectivity index is 2.16. The molecule has 0 radical (unpaired) electrons. The average Bonchev–Trinajstić information content (AvgIpc) is 2.77. The van der Waals surface area contributed by atoms with Crippen LogP contribution in [0.2, 0.25) is 0 Å². The van der Waals surface area contributed by atoms with Gasteiger partial charge in [0, 0.05) is 24.9 Å². The Morgan fingerprint density at radius 2 is 1.81 bits per heavy atom. The number of nitrogens with zero attached hydrogens (tertiary/aromatic N) is 4. The number of fused-ring (bicyclic) bond motifs is 1. The molecule has 3 rings (SSSR count). The monoisotopic (exact) mass is 431 g/mol. The number of methoxy groups -OCH3 is 1. The molecular formula is C24H25N5O3. The molecule has 1 aliphatic heterocycles. The fourth-order valence-corrected chi connectivity index (χ4v) is 4.39. The van der Waals surface area contributed by atoms with Crippen LogP contribution in [0.1, 0.15) is 32.3 Å². The van der Waals surface area contributed by atoms with Gasteiger partial charge in [-0.15, -0.1) is 0 Å². The maximum Gasteiger partial charge on any atom is 0.409 e. The lowest BCUT2D eigenvalue weighted by Crippen LogP contribution is -2.48. The topological polar surface area (TPSA) is 136 Å². The highest BCUT2D eigenvalue weighted by atomic mass is 16.5. The van der Waals surface area contributed by atoms with Gasteiger partial charge < -0.3 is 20.1 Å². The van der Waals surface area contributed by atoms with E-state index in [1.165, 1.54) is 12.0 Å². The van der Waals surface area contributed by atoms with Crippen molar-refractivity contribution >= 4 is 6.09 Å². The molecule has 0 saturated carbocycles. The summed E-state index contributed by atoms with van der Waals surface area (Å²) < 4.78 is 10.7. The molecule has 2 N–H and O–H groups in total. The fourth-order valence-electron chi connectivity index (χ4n) is 4.39. The first-order valence-electron chi connectivity index (χ1n) is 10.2. The maximum atomic E-state index is 12.2. The van der Waals surface area contributed by atoms with E-state index in [4.69, 9.17) is 15.2 Å². The van der Waals surface area contributed by atoms with E-state index in [2.05, 4.69) is 6.07 Å². The second-order valence-electron chi connectivity index (χ2n) is 8.81. The Kier molecular flexibility index (Phi) is 5.88. The van der Waals surface area contributed by atoms with Gasteiger partial charge in [0.25, 0.3) is 0 Å². The fraction of sp³-hybridized carbons (Fsp3) is 0.417. The summed E-state index contributed by atoms with van der Waals surface area (Å²) in [6, 6.07) is 13.5. The Labute approximate surface area is 187 Å². The molecule has 2 atom stereocenters. The summed E-state index contributed by atoms with van der Waals surface area (Å²) in [6.45, 7) is 6.21. The summed E-state index contributed by atoms with van der Waals surface area (Å²) >= 11 is 0. The SMILES string of the molecule is COC(=O)N1CC=C2[C@H](C1)[C@H](c1ccc(OC(C)(C)C)cc1)C(C#N)=C(N)C2(C#N)C#N. The van der Waals surface area contributed by atoms with Gasteiger partial charge in [-0.05, 0) is 44.0 Å². The van der Waals surface area contributed by atoms with Crippen LogP contribution in [0, 0.1) is 45.3 Å². The lowest BCUT2D eigenvalue weighted by molar-refractivity contribution is 0.117. The van der Waals surface area contributed by atoms with Crippen LogP contribution >= 0.6 is 0 Å². The Bertz CT molecular complexity index is 1090. The molecule has 0 fully saturated rings. The van der Waals surface area contributed by atoms with Crippen molar-refractivity contribution in [2.75, 3.05) is 20.2 Å². The molecule has 8 heteroatoms. The second kappa shape index (κ2) is 8.29. The predicted octanol–water partition coefficient (Wildman–Crippen LogP) is 3.36. The number of nitrogens with two attached hydrogens (primary N) is 1. The van der Waals surface area contributed by atoms with Crippen LogP contribution < -0.4 is 10.5 Å². The van der Waals surface area contributed by atoms with E-state index in [1.807, 2.05) is 57.2 Å². The van der Waals surface area contributed by atoms with E-state index in [0.29, 0.717) is 11.3 Å². The second-order valence-corrected chi connectivity index (χ2v) is 8.81. The van der Waals surface area contributed by atoms with Crippen molar-refractivity contribution in [3.8, 4) is 24.0 Å². The first kappa shape index (κ1) is 22.7. The van der Waals surface area contributed by atoms with Crippen LogP contribution in [-0.2, 0) is 4.74 Å². The largest absolute Gasteiger partial charge is 0.488 e. The highest BCUT2D eigenvalue weighted by Crippen LogP contribution is 2.52. The summed E-state index contributed by atoms with van der Waals surface area (Å²) in [5.74, 6) is -0.345. The van der Waals surface area contributed by atoms with Crippen molar-refractivity contribution in [2.45, 2.75) is 32.3 Å². The number of hydrogen-bond donors (Lipinski definition) is 1. The average molecular weight is 431 g/mol. The van der Waals surface area contributed by atoms with Crippen LogP contribution in [0.25, 0.3) is 0 Å². The number of amides is 1. The molecule has 1 amide bonds. The summed E-state index contributed by atoms with van der Waals surface area (Å²) in [4.78, 5) is 13.7. The van der Waals surface area contributed by atoms with Crippen molar-refractivity contribution in [3.05, 3.63) is 52.7 Å².